The van der Waals surface area contributed by atoms with Crippen LogP contribution in [-0.4, -0.2) is 17.7 Å². The molecule has 16 heavy (non-hydrogen) atoms. The van der Waals surface area contributed by atoms with Gasteiger partial charge in [0.2, 0.25) is 0 Å². The molecule has 0 aliphatic heterocycles. The molecule has 1 aromatic rings. The molecule has 1 aromatic carbocycles. The Morgan fingerprint density at radius 3 is 2.38 bits per heavy atom. The molecule has 0 saturated carbocycles. The lowest BCUT2D eigenvalue weighted by molar-refractivity contribution is 0.230. The van der Waals surface area contributed by atoms with Crippen LogP contribution in [0.5, 0.6) is 11.5 Å². The first-order valence-corrected chi connectivity index (χ1v) is 5.70. The molecule has 88 valence electrons. The van der Waals surface area contributed by atoms with E-state index in [0.717, 1.165) is 11.5 Å². The first kappa shape index (κ1) is 12.8. The number of benzene rings is 1. The second kappa shape index (κ2) is 6.33. The molecule has 0 aliphatic carbocycles. The zero-order valence-electron chi connectivity index (χ0n) is 9.60. The van der Waals surface area contributed by atoms with Crippen LogP contribution in [0.2, 0.25) is 0 Å². The largest absolute Gasteiger partial charge is 0.494 e. The van der Waals surface area contributed by atoms with Crippen LogP contribution in [-0.2, 0) is 0 Å². The van der Waals surface area contributed by atoms with Gasteiger partial charge < -0.3 is 15.2 Å². The highest BCUT2D eigenvalue weighted by atomic mass is 32.1. The number of rotatable bonds is 6. The predicted molar refractivity (Wildman–Crippen MR) is 69.1 cm³/mol. The van der Waals surface area contributed by atoms with Crippen molar-refractivity contribution in [2.45, 2.75) is 26.4 Å². The summed E-state index contributed by atoms with van der Waals surface area (Å²) in [5, 5.41) is 0. The van der Waals surface area contributed by atoms with Crippen molar-refractivity contribution in [3.05, 3.63) is 24.3 Å². The Balaban J connectivity index is 2.51. The topological polar surface area (TPSA) is 44.5 Å². The van der Waals surface area contributed by atoms with Crippen LogP contribution in [0.4, 0.5) is 0 Å². The predicted octanol–water partition coefficient (Wildman–Crippen LogP) is 2.53. The van der Waals surface area contributed by atoms with E-state index in [9.17, 15) is 0 Å². The molecule has 0 radical (unpaired) electrons. The molecule has 4 heteroatoms. The molecule has 3 nitrogen and oxygen atoms in total. The van der Waals surface area contributed by atoms with E-state index in [1.54, 1.807) is 0 Å². The van der Waals surface area contributed by atoms with E-state index >= 15 is 0 Å². The Hall–Kier alpha value is -1.29. The molecule has 0 bridgehead atoms. The number of ether oxygens (including phenoxy) is 2. The van der Waals surface area contributed by atoms with E-state index in [0.29, 0.717) is 18.0 Å². The first-order chi connectivity index (χ1) is 7.61. The van der Waals surface area contributed by atoms with Gasteiger partial charge in [-0.25, -0.2) is 0 Å². The Morgan fingerprint density at radius 2 is 1.88 bits per heavy atom. The number of hydrogen-bond acceptors (Lipinski definition) is 3. The van der Waals surface area contributed by atoms with Gasteiger partial charge in [0.1, 0.15) is 17.6 Å². The maximum absolute atomic E-state index is 5.64. The standard InChI is InChI=1S/C12H17NO2S/c1-3-14-10-4-6-11(7-5-10)15-9(2)8-12(13)16/h4-7,9H,3,8H2,1-2H3,(H2,13,16). The van der Waals surface area contributed by atoms with Crippen LogP contribution >= 0.6 is 12.2 Å². The van der Waals surface area contributed by atoms with Crippen LogP contribution in [0.1, 0.15) is 20.3 Å². The highest BCUT2D eigenvalue weighted by molar-refractivity contribution is 7.80. The Morgan fingerprint density at radius 1 is 1.31 bits per heavy atom. The highest BCUT2D eigenvalue weighted by Gasteiger charge is 2.05. The molecule has 1 atom stereocenters. The van der Waals surface area contributed by atoms with Gasteiger partial charge in [-0.3, -0.25) is 0 Å². The van der Waals surface area contributed by atoms with E-state index in [-0.39, 0.29) is 6.10 Å². The molecule has 0 fully saturated rings. The summed E-state index contributed by atoms with van der Waals surface area (Å²) in [5.41, 5.74) is 5.44. The third-order valence-electron chi connectivity index (χ3n) is 1.96. The lowest BCUT2D eigenvalue weighted by Crippen LogP contribution is -2.20. The molecule has 0 spiro atoms. The van der Waals surface area contributed by atoms with Crippen molar-refractivity contribution in [3.63, 3.8) is 0 Å². The minimum Gasteiger partial charge on any atom is -0.494 e. The van der Waals surface area contributed by atoms with E-state index < -0.39 is 0 Å². The van der Waals surface area contributed by atoms with Gasteiger partial charge in [-0.15, -0.1) is 0 Å². The van der Waals surface area contributed by atoms with Gasteiger partial charge in [0.05, 0.1) is 11.6 Å². The molecule has 2 N–H and O–H groups in total. The van der Waals surface area contributed by atoms with Crippen molar-refractivity contribution in [1.82, 2.24) is 0 Å². The zero-order chi connectivity index (χ0) is 12.0. The molecule has 0 aromatic heterocycles. The first-order valence-electron chi connectivity index (χ1n) is 5.29. The molecule has 0 aliphatic rings. The monoisotopic (exact) mass is 239 g/mol. The van der Waals surface area contributed by atoms with Gasteiger partial charge in [0.15, 0.2) is 0 Å². The van der Waals surface area contributed by atoms with E-state index in [1.807, 2.05) is 38.1 Å². The van der Waals surface area contributed by atoms with Crippen LogP contribution in [0.3, 0.4) is 0 Å². The molecular weight excluding hydrogens is 222 g/mol. The quantitative estimate of drug-likeness (QED) is 0.775. The lowest BCUT2D eigenvalue weighted by atomic mass is 10.2. The zero-order valence-corrected chi connectivity index (χ0v) is 10.4. The molecule has 0 heterocycles. The third kappa shape index (κ3) is 4.49. The van der Waals surface area contributed by atoms with Crippen LogP contribution < -0.4 is 15.2 Å². The Labute approximate surface area is 102 Å². The molecule has 1 rings (SSSR count). The summed E-state index contributed by atoms with van der Waals surface area (Å²) in [6.45, 7) is 4.56. The van der Waals surface area contributed by atoms with Crippen LogP contribution in [0.15, 0.2) is 24.3 Å². The summed E-state index contributed by atoms with van der Waals surface area (Å²) in [6, 6.07) is 7.51. The number of hydrogen-bond donors (Lipinski definition) is 1. The third-order valence-corrected chi connectivity index (χ3v) is 2.13. The Kier molecular flexibility index (Phi) is 5.05. The van der Waals surface area contributed by atoms with Gasteiger partial charge in [0, 0.05) is 6.42 Å². The van der Waals surface area contributed by atoms with Gasteiger partial charge in [0.25, 0.3) is 0 Å². The van der Waals surface area contributed by atoms with Gasteiger partial charge in [-0.05, 0) is 38.1 Å². The van der Waals surface area contributed by atoms with Gasteiger partial charge in [-0.1, -0.05) is 12.2 Å². The van der Waals surface area contributed by atoms with Crippen molar-refractivity contribution in [2.75, 3.05) is 6.61 Å². The lowest BCUT2D eigenvalue weighted by Gasteiger charge is -2.14. The fourth-order valence-electron chi connectivity index (χ4n) is 1.34. The van der Waals surface area contributed by atoms with Crippen molar-refractivity contribution >= 4 is 17.2 Å². The van der Waals surface area contributed by atoms with E-state index in [4.69, 9.17) is 27.4 Å². The summed E-state index contributed by atoms with van der Waals surface area (Å²) in [4.78, 5) is 0.471. The minimum atomic E-state index is -0.00422. The SMILES string of the molecule is CCOc1ccc(OC(C)CC(N)=S)cc1. The summed E-state index contributed by atoms with van der Waals surface area (Å²) < 4.78 is 11.0. The van der Waals surface area contributed by atoms with Crippen molar-refractivity contribution in [2.24, 2.45) is 5.73 Å². The second-order valence-electron chi connectivity index (χ2n) is 3.50. The highest BCUT2D eigenvalue weighted by Crippen LogP contribution is 2.19. The molecule has 1 unspecified atom stereocenters. The summed E-state index contributed by atoms with van der Waals surface area (Å²) in [7, 11) is 0. The fourth-order valence-corrected chi connectivity index (χ4v) is 1.57. The average molecular weight is 239 g/mol. The summed E-state index contributed by atoms with van der Waals surface area (Å²) in [5.74, 6) is 1.64. The maximum Gasteiger partial charge on any atom is 0.119 e. The number of nitrogens with two attached hydrogens (primary N) is 1. The summed E-state index contributed by atoms with van der Waals surface area (Å²) >= 11 is 4.82. The van der Waals surface area contributed by atoms with Crippen LogP contribution in [0, 0.1) is 0 Å². The average Bonchev–Trinajstić information content (AvgIpc) is 2.20. The number of thiocarbonyl (C=S) groups is 1. The summed E-state index contributed by atoms with van der Waals surface area (Å²) in [6.07, 6.45) is 0.582. The normalized spacial score (nSPS) is 11.9. The Bertz CT molecular complexity index is 337. The maximum atomic E-state index is 5.64. The van der Waals surface area contributed by atoms with Gasteiger partial charge >= 0.3 is 0 Å². The fraction of sp³-hybridized carbons (Fsp3) is 0.417. The van der Waals surface area contributed by atoms with Crippen LogP contribution in [0.25, 0.3) is 0 Å². The van der Waals surface area contributed by atoms with Crippen molar-refractivity contribution < 1.29 is 9.47 Å². The second-order valence-corrected chi connectivity index (χ2v) is 4.03. The molecular formula is C12H17NO2S. The molecule has 0 amide bonds. The van der Waals surface area contributed by atoms with Gasteiger partial charge in [-0.2, -0.15) is 0 Å². The minimum absolute atomic E-state index is 0.00422. The van der Waals surface area contributed by atoms with Crippen molar-refractivity contribution in [1.29, 1.82) is 0 Å². The van der Waals surface area contributed by atoms with E-state index in [2.05, 4.69) is 0 Å². The molecule has 0 saturated heterocycles. The van der Waals surface area contributed by atoms with Crippen molar-refractivity contribution in [3.8, 4) is 11.5 Å². The van der Waals surface area contributed by atoms with E-state index in [1.165, 1.54) is 0 Å². The smallest absolute Gasteiger partial charge is 0.119 e.